The van der Waals surface area contributed by atoms with Crippen LogP contribution >= 0.6 is 11.6 Å². The molecule has 1 saturated heterocycles. The predicted octanol–water partition coefficient (Wildman–Crippen LogP) is 3.43. The first-order valence-corrected chi connectivity index (χ1v) is 8.03. The van der Waals surface area contributed by atoms with E-state index in [9.17, 15) is 0 Å². The number of nitrogens with zero attached hydrogens (tertiary/aromatic N) is 3. The van der Waals surface area contributed by atoms with Gasteiger partial charge in [-0.05, 0) is 38.4 Å². The maximum Gasteiger partial charge on any atom is 0.159 e. The third-order valence-corrected chi connectivity index (χ3v) is 4.63. The summed E-state index contributed by atoms with van der Waals surface area (Å²) in [6.45, 7) is 6.76. The summed E-state index contributed by atoms with van der Waals surface area (Å²) in [4.78, 5) is 2.51. The van der Waals surface area contributed by atoms with Crippen LogP contribution in [-0.4, -0.2) is 41.3 Å². The van der Waals surface area contributed by atoms with Gasteiger partial charge in [0.1, 0.15) is 0 Å². The molecule has 1 aliphatic heterocycles. The first-order chi connectivity index (χ1) is 10.3. The Morgan fingerprint density at radius 3 is 2.62 bits per heavy atom. The zero-order valence-corrected chi connectivity index (χ0v) is 13.1. The first-order valence-electron chi connectivity index (χ1n) is 7.65. The van der Waals surface area contributed by atoms with Crippen molar-refractivity contribution in [3.8, 4) is 0 Å². The van der Waals surface area contributed by atoms with E-state index in [2.05, 4.69) is 27.3 Å². The van der Waals surface area contributed by atoms with Crippen LogP contribution in [0.2, 0.25) is 5.15 Å². The molecule has 2 heterocycles. The van der Waals surface area contributed by atoms with Crippen molar-refractivity contribution in [3.63, 3.8) is 0 Å². The van der Waals surface area contributed by atoms with Crippen molar-refractivity contribution in [2.24, 2.45) is 5.92 Å². The molecule has 0 aliphatic carbocycles. The van der Waals surface area contributed by atoms with Crippen molar-refractivity contribution in [2.45, 2.75) is 19.8 Å². The summed E-state index contributed by atoms with van der Waals surface area (Å²) in [5, 5.41) is 14.2. The van der Waals surface area contributed by atoms with Crippen LogP contribution in [0.3, 0.4) is 0 Å². The van der Waals surface area contributed by atoms with Gasteiger partial charge in [-0.25, -0.2) is 0 Å². The van der Waals surface area contributed by atoms with Gasteiger partial charge < -0.3 is 10.2 Å². The van der Waals surface area contributed by atoms with Gasteiger partial charge in [0.2, 0.25) is 0 Å². The Morgan fingerprint density at radius 2 is 1.90 bits per heavy atom. The van der Waals surface area contributed by atoms with Crippen LogP contribution in [0.5, 0.6) is 0 Å². The highest BCUT2D eigenvalue weighted by atomic mass is 35.5. The summed E-state index contributed by atoms with van der Waals surface area (Å²) < 4.78 is 0. The fourth-order valence-corrected chi connectivity index (χ4v) is 3.15. The predicted molar refractivity (Wildman–Crippen MR) is 87.9 cm³/mol. The summed E-state index contributed by atoms with van der Waals surface area (Å²) in [7, 11) is 0. The monoisotopic (exact) mass is 304 g/mol. The number of hydrogen-bond acceptors (Lipinski definition) is 4. The Labute approximate surface area is 130 Å². The van der Waals surface area contributed by atoms with Gasteiger partial charge in [0.15, 0.2) is 11.0 Å². The van der Waals surface area contributed by atoms with Crippen molar-refractivity contribution in [2.75, 3.05) is 31.5 Å². The molecule has 112 valence electrons. The third kappa shape index (κ3) is 3.27. The molecular formula is C16H21ClN4. The smallest absolute Gasteiger partial charge is 0.159 e. The molecule has 2 aromatic rings. The lowest BCUT2D eigenvalue weighted by molar-refractivity contribution is 0.198. The van der Waals surface area contributed by atoms with E-state index < -0.39 is 0 Å². The largest absolute Gasteiger partial charge is 0.368 e. The zero-order valence-electron chi connectivity index (χ0n) is 12.3. The van der Waals surface area contributed by atoms with Crippen molar-refractivity contribution in [1.82, 2.24) is 15.1 Å². The van der Waals surface area contributed by atoms with E-state index in [4.69, 9.17) is 11.6 Å². The zero-order chi connectivity index (χ0) is 14.7. The molecule has 1 aromatic carbocycles. The lowest BCUT2D eigenvalue weighted by atomic mass is 9.97. The van der Waals surface area contributed by atoms with Crippen LogP contribution in [0.1, 0.15) is 19.8 Å². The second kappa shape index (κ2) is 6.58. The van der Waals surface area contributed by atoms with Gasteiger partial charge in [-0.1, -0.05) is 42.8 Å². The molecule has 0 radical (unpaired) electrons. The molecule has 1 aromatic heterocycles. The number of halogens is 1. The van der Waals surface area contributed by atoms with Crippen LogP contribution in [0.4, 0.5) is 5.82 Å². The quantitative estimate of drug-likeness (QED) is 0.939. The normalized spacial score (nSPS) is 17.2. The summed E-state index contributed by atoms with van der Waals surface area (Å²) in [6.07, 6.45) is 2.50. The van der Waals surface area contributed by atoms with Gasteiger partial charge in [-0.3, -0.25) is 0 Å². The molecule has 0 amide bonds. The van der Waals surface area contributed by atoms with E-state index in [1.54, 1.807) is 0 Å². The number of piperidine rings is 1. The van der Waals surface area contributed by atoms with Gasteiger partial charge in [0.25, 0.3) is 0 Å². The summed E-state index contributed by atoms with van der Waals surface area (Å²) >= 11 is 6.10. The standard InChI is InChI=1S/C16H21ClN4/c1-2-21-9-7-12(8-10-21)11-18-16-14-6-4-3-5-13(14)15(17)19-20-16/h3-6,12H,2,7-11H2,1H3,(H,18,20). The molecule has 21 heavy (non-hydrogen) atoms. The minimum absolute atomic E-state index is 0.465. The van der Waals surface area contributed by atoms with Gasteiger partial charge in [0, 0.05) is 17.3 Å². The van der Waals surface area contributed by atoms with Crippen LogP contribution in [0.25, 0.3) is 10.8 Å². The van der Waals surface area contributed by atoms with Crippen LogP contribution in [0, 0.1) is 5.92 Å². The van der Waals surface area contributed by atoms with Crippen molar-refractivity contribution < 1.29 is 0 Å². The molecular weight excluding hydrogens is 284 g/mol. The average Bonchev–Trinajstić information content (AvgIpc) is 2.55. The Balaban J connectivity index is 1.67. The molecule has 5 heteroatoms. The van der Waals surface area contributed by atoms with E-state index in [1.165, 1.54) is 25.9 Å². The van der Waals surface area contributed by atoms with Crippen molar-refractivity contribution in [1.29, 1.82) is 0 Å². The number of hydrogen-bond donors (Lipinski definition) is 1. The number of anilines is 1. The van der Waals surface area contributed by atoms with E-state index in [0.29, 0.717) is 11.1 Å². The SMILES string of the molecule is CCN1CCC(CNc2nnc(Cl)c3ccccc23)CC1. The van der Waals surface area contributed by atoms with E-state index >= 15 is 0 Å². The van der Waals surface area contributed by atoms with Crippen molar-refractivity contribution in [3.05, 3.63) is 29.4 Å². The van der Waals surface area contributed by atoms with Crippen LogP contribution in [0.15, 0.2) is 24.3 Å². The van der Waals surface area contributed by atoms with E-state index in [-0.39, 0.29) is 0 Å². The first kappa shape index (κ1) is 14.5. The van der Waals surface area contributed by atoms with Gasteiger partial charge in [-0.15, -0.1) is 10.2 Å². The Kier molecular flexibility index (Phi) is 4.56. The molecule has 0 bridgehead atoms. The Morgan fingerprint density at radius 1 is 1.19 bits per heavy atom. The molecule has 0 saturated carbocycles. The summed E-state index contributed by atoms with van der Waals surface area (Å²) in [6, 6.07) is 8.00. The summed E-state index contributed by atoms with van der Waals surface area (Å²) in [5.74, 6) is 1.55. The lowest BCUT2D eigenvalue weighted by Crippen LogP contribution is -2.35. The highest BCUT2D eigenvalue weighted by molar-refractivity contribution is 6.34. The second-order valence-corrected chi connectivity index (χ2v) is 6.00. The Hall–Kier alpha value is -1.39. The van der Waals surface area contributed by atoms with E-state index in [0.717, 1.165) is 29.7 Å². The number of nitrogens with one attached hydrogen (secondary N) is 1. The van der Waals surface area contributed by atoms with Crippen molar-refractivity contribution >= 4 is 28.2 Å². The maximum atomic E-state index is 6.10. The van der Waals surface area contributed by atoms with Crippen LogP contribution in [-0.2, 0) is 0 Å². The highest BCUT2D eigenvalue weighted by Crippen LogP contribution is 2.26. The van der Waals surface area contributed by atoms with Crippen LogP contribution < -0.4 is 5.32 Å². The average molecular weight is 305 g/mol. The number of fused-ring (bicyclic) bond motifs is 1. The minimum atomic E-state index is 0.465. The van der Waals surface area contributed by atoms with Gasteiger partial charge in [-0.2, -0.15) is 0 Å². The molecule has 0 spiro atoms. The summed E-state index contributed by atoms with van der Waals surface area (Å²) in [5.41, 5.74) is 0. The fourth-order valence-electron chi connectivity index (χ4n) is 2.95. The Bertz CT molecular complexity index is 608. The van der Waals surface area contributed by atoms with Gasteiger partial charge in [0.05, 0.1) is 0 Å². The molecule has 1 N–H and O–H groups in total. The molecule has 0 unspecified atom stereocenters. The lowest BCUT2D eigenvalue weighted by Gasteiger charge is -2.31. The number of aromatic nitrogens is 2. The second-order valence-electron chi connectivity index (χ2n) is 5.64. The highest BCUT2D eigenvalue weighted by Gasteiger charge is 2.18. The van der Waals surface area contributed by atoms with E-state index in [1.807, 2.05) is 24.3 Å². The number of likely N-dealkylation sites (tertiary alicyclic amines) is 1. The fraction of sp³-hybridized carbons (Fsp3) is 0.500. The molecule has 0 atom stereocenters. The molecule has 3 rings (SSSR count). The van der Waals surface area contributed by atoms with Gasteiger partial charge >= 0.3 is 0 Å². The third-order valence-electron chi connectivity index (χ3n) is 4.35. The molecule has 1 aliphatic rings. The molecule has 4 nitrogen and oxygen atoms in total. The topological polar surface area (TPSA) is 41.0 Å². The number of rotatable bonds is 4. The molecule has 1 fully saturated rings. The number of benzene rings is 1. The maximum absolute atomic E-state index is 6.10. The minimum Gasteiger partial charge on any atom is -0.368 e.